The first-order valence-corrected chi connectivity index (χ1v) is 11.3. The van der Waals surface area contributed by atoms with Crippen LogP contribution >= 0.6 is 0 Å². The highest BCUT2D eigenvalue weighted by Crippen LogP contribution is 2.22. The second-order valence-electron chi connectivity index (χ2n) is 6.62. The molecule has 0 atom stereocenters. The lowest BCUT2D eigenvalue weighted by Gasteiger charge is -2.23. The minimum atomic E-state index is -3.67. The van der Waals surface area contributed by atoms with Crippen molar-refractivity contribution < 1.29 is 13.2 Å². The molecular formula is C22H27N3O3S. The number of aryl methyl sites for hydroxylation is 1. The molecule has 0 aliphatic carbocycles. The Labute approximate surface area is 172 Å². The summed E-state index contributed by atoms with van der Waals surface area (Å²) in [5.74, 6) is 0.659. The summed E-state index contributed by atoms with van der Waals surface area (Å²) in [6.45, 7) is 5.78. The molecule has 0 bridgehead atoms. The molecule has 0 aliphatic heterocycles. The fourth-order valence-electron chi connectivity index (χ4n) is 3.17. The summed E-state index contributed by atoms with van der Waals surface area (Å²) in [7, 11) is -3.67. The van der Waals surface area contributed by atoms with Gasteiger partial charge in [0.15, 0.2) is 0 Å². The van der Waals surface area contributed by atoms with Crippen LogP contribution in [0.3, 0.4) is 0 Å². The summed E-state index contributed by atoms with van der Waals surface area (Å²) in [5.41, 5.74) is 1.97. The van der Waals surface area contributed by atoms with E-state index in [9.17, 15) is 8.42 Å². The maximum absolute atomic E-state index is 13.4. The Kier molecular flexibility index (Phi) is 7.06. The van der Waals surface area contributed by atoms with Gasteiger partial charge in [-0.25, -0.2) is 8.42 Å². The maximum atomic E-state index is 13.4. The van der Waals surface area contributed by atoms with E-state index in [1.807, 2.05) is 54.9 Å². The predicted molar refractivity (Wildman–Crippen MR) is 113 cm³/mol. The molecule has 2 aromatic carbocycles. The van der Waals surface area contributed by atoms with Crippen molar-refractivity contribution in [3.63, 3.8) is 0 Å². The largest absolute Gasteiger partial charge is 0.494 e. The number of aromatic nitrogens is 2. The van der Waals surface area contributed by atoms with Crippen LogP contribution in [0.15, 0.2) is 71.8 Å². The zero-order valence-electron chi connectivity index (χ0n) is 16.9. The fraction of sp³-hybridized carbons (Fsp3) is 0.318. The smallest absolute Gasteiger partial charge is 0.243 e. The number of hydrogen-bond acceptors (Lipinski definition) is 4. The Morgan fingerprint density at radius 3 is 2.38 bits per heavy atom. The second kappa shape index (κ2) is 9.71. The van der Waals surface area contributed by atoms with Gasteiger partial charge in [0.2, 0.25) is 10.0 Å². The van der Waals surface area contributed by atoms with E-state index in [0.29, 0.717) is 31.9 Å². The normalized spacial score (nSPS) is 11.7. The third-order valence-electron chi connectivity index (χ3n) is 4.71. The van der Waals surface area contributed by atoms with E-state index in [4.69, 9.17) is 4.74 Å². The van der Waals surface area contributed by atoms with E-state index in [0.717, 1.165) is 11.3 Å². The summed E-state index contributed by atoms with van der Waals surface area (Å²) in [5, 5.41) is 4.27. The van der Waals surface area contributed by atoms with Crippen LogP contribution in [0, 0.1) is 0 Å². The highest BCUT2D eigenvalue weighted by molar-refractivity contribution is 7.89. The van der Waals surface area contributed by atoms with Crippen LogP contribution in [0.1, 0.15) is 25.1 Å². The van der Waals surface area contributed by atoms with Gasteiger partial charge in [-0.2, -0.15) is 9.40 Å². The van der Waals surface area contributed by atoms with Crippen molar-refractivity contribution in [2.45, 2.75) is 38.3 Å². The molecule has 154 valence electrons. The van der Waals surface area contributed by atoms with Gasteiger partial charge >= 0.3 is 0 Å². The number of sulfonamides is 1. The van der Waals surface area contributed by atoms with Crippen LogP contribution in [0.25, 0.3) is 0 Å². The molecule has 1 aromatic heterocycles. The predicted octanol–water partition coefficient (Wildman–Crippen LogP) is 3.74. The Hall–Kier alpha value is -2.64. The standard InChI is InChI=1S/C22H27N3O3S/c1-3-25-20(14-16-23-25)18-24(17-15-19-8-6-5-7-9-19)29(26,27)22-12-10-21(11-13-22)28-4-2/h5-14,16H,3-4,15,17-18H2,1-2H3. The van der Waals surface area contributed by atoms with Gasteiger partial charge in [0, 0.05) is 19.3 Å². The molecule has 7 heteroatoms. The lowest BCUT2D eigenvalue weighted by Crippen LogP contribution is -2.33. The Morgan fingerprint density at radius 1 is 1.00 bits per heavy atom. The van der Waals surface area contributed by atoms with E-state index >= 15 is 0 Å². The van der Waals surface area contributed by atoms with Gasteiger partial charge in [-0.1, -0.05) is 30.3 Å². The number of nitrogens with zero attached hydrogens (tertiary/aromatic N) is 3. The van der Waals surface area contributed by atoms with Crippen molar-refractivity contribution in [3.8, 4) is 5.75 Å². The fourth-order valence-corrected chi connectivity index (χ4v) is 4.58. The average Bonchev–Trinajstić information content (AvgIpc) is 3.19. The van der Waals surface area contributed by atoms with Gasteiger partial charge in [0.25, 0.3) is 0 Å². The molecule has 0 amide bonds. The van der Waals surface area contributed by atoms with E-state index in [1.165, 1.54) is 4.31 Å². The Morgan fingerprint density at radius 2 is 1.72 bits per heavy atom. The quantitative estimate of drug-likeness (QED) is 0.508. The van der Waals surface area contributed by atoms with Gasteiger partial charge in [-0.05, 0) is 56.2 Å². The first-order chi connectivity index (χ1) is 14.0. The number of benzene rings is 2. The molecule has 0 saturated carbocycles. The minimum absolute atomic E-state index is 0.261. The average molecular weight is 414 g/mol. The van der Waals surface area contributed by atoms with Gasteiger partial charge in [-0.3, -0.25) is 4.68 Å². The van der Waals surface area contributed by atoms with Crippen molar-refractivity contribution in [2.75, 3.05) is 13.2 Å². The summed E-state index contributed by atoms with van der Waals surface area (Å²) in [6.07, 6.45) is 2.34. The van der Waals surface area contributed by atoms with Gasteiger partial charge in [0.1, 0.15) is 5.75 Å². The minimum Gasteiger partial charge on any atom is -0.494 e. The molecule has 29 heavy (non-hydrogen) atoms. The summed E-state index contributed by atoms with van der Waals surface area (Å²) in [4.78, 5) is 0.261. The first kappa shape index (κ1) is 21.1. The number of ether oxygens (including phenoxy) is 1. The van der Waals surface area contributed by atoms with Crippen LogP contribution in [0.2, 0.25) is 0 Å². The van der Waals surface area contributed by atoms with Gasteiger partial charge in [0.05, 0.1) is 23.7 Å². The van der Waals surface area contributed by atoms with E-state index < -0.39 is 10.0 Å². The molecule has 0 spiro atoms. The van der Waals surface area contributed by atoms with Crippen molar-refractivity contribution >= 4 is 10.0 Å². The Bertz CT molecular complexity index is 999. The first-order valence-electron chi connectivity index (χ1n) is 9.82. The molecule has 0 aliphatic rings. The van der Waals surface area contributed by atoms with Gasteiger partial charge < -0.3 is 4.74 Å². The molecule has 0 radical (unpaired) electrons. The SMILES string of the molecule is CCOc1ccc(S(=O)(=O)N(CCc2ccccc2)Cc2ccnn2CC)cc1. The maximum Gasteiger partial charge on any atom is 0.243 e. The molecule has 1 heterocycles. The topological polar surface area (TPSA) is 64.4 Å². The summed E-state index contributed by atoms with van der Waals surface area (Å²) < 4.78 is 35.6. The lowest BCUT2D eigenvalue weighted by atomic mass is 10.1. The molecule has 0 unspecified atom stereocenters. The van der Waals surface area contributed by atoms with Crippen molar-refractivity contribution in [1.82, 2.24) is 14.1 Å². The highest BCUT2D eigenvalue weighted by Gasteiger charge is 2.25. The zero-order chi connectivity index (χ0) is 20.7. The van der Waals surface area contributed by atoms with Crippen molar-refractivity contribution in [3.05, 3.63) is 78.1 Å². The highest BCUT2D eigenvalue weighted by atomic mass is 32.2. The van der Waals surface area contributed by atoms with Crippen LogP contribution in [0.5, 0.6) is 5.75 Å². The van der Waals surface area contributed by atoms with Crippen LogP contribution < -0.4 is 4.74 Å². The summed E-state index contributed by atoms with van der Waals surface area (Å²) >= 11 is 0. The van der Waals surface area contributed by atoms with Crippen LogP contribution in [-0.2, 0) is 29.5 Å². The zero-order valence-corrected chi connectivity index (χ0v) is 17.7. The van der Waals surface area contributed by atoms with E-state index in [-0.39, 0.29) is 11.4 Å². The summed E-state index contributed by atoms with van der Waals surface area (Å²) in [6, 6.07) is 18.4. The molecule has 6 nitrogen and oxygen atoms in total. The number of rotatable bonds is 10. The van der Waals surface area contributed by atoms with Crippen molar-refractivity contribution in [1.29, 1.82) is 0 Å². The molecule has 0 fully saturated rings. The Balaban J connectivity index is 1.87. The molecule has 3 aromatic rings. The van der Waals surface area contributed by atoms with Crippen LogP contribution in [-0.4, -0.2) is 35.7 Å². The number of hydrogen-bond donors (Lipinski definition) is 0. The van der Waals surface area contributed by atoms with Crippen LogP contribution in [0.4, 0.5) is 0 Å². The lowest BCUT2D eigenvalue weighted by molar-refractivity contribution is 0.340. The van der Waals surface area contributed by atoms with E-state index in [1.54, 1.807) is 30.5 Å². The van der Waals surface area contributed by atoms with Crippen molar-refractivity contribution in [2.24, 2.45) is 0 Å². The third-order valence-corrected chi connectivity index (χ3v) is 6.57. The molecule has 0 saturated heterocycles. The monoisotopic (exact) mass is 413 g/mol. The van der Waals surface area contributed by atoms with E-state index in [2.05, 4.69) is 5.10 Å². The second-order valence-corrected chi connectivity index (χ2v) is 8.55. The molecular weight excluding hydrogens is 386 g/mol. The molecule has 3 rings (SSSR count). The van der Waals surface area contributed by atoms with Gasteiger partial charge in [-0.15, -0.1) is 0 Å². The molecule has 0 N–H and O–H groups in total. The third kappa shape index (κ3) is 5.25.